The highest BCUT2D eigenvalue weighted by Gasteiger charge is 2.31. The summed E-state index contributed by atoms with van der Waals surface area (Å²) >= 11 is 0. The van der Waals surface area contributed by atoms with Crippen molar-refractivity contribution in [2.24, 2.45) is 5.92 Å². The zero-order valence-corrected chi connectivity index (χ0v) is 19.5. The smallest absolute Gasteiger partial charge is 0.258 e. The van der Waals surface area contributed by atoms with Gasteiger partial charge in [0.15, 0.2) is 0 Å². The molecule has 3 atom stereocenters. The Balaban J connectivity index is 2.00. The van der Waals surface area contributed by atoms with Crippen molar-refractivity contribution >= 4 is 11.8 Å². The van der Waals surface area contributed by atoms with Gasteiger partial charge in [-0.15, -0.1) is 0 Å². The molecule has 5 nitrogen and oxygen atoms in total. The number of rotatable bonds is 3. The number of fused-ring (bicyclic) bond motifs is 1. The quantitative estimate of drug-likeness (QED) is 0.717. The van der Waals surface area contributed by atoms with Gasteiger partial charge in [-0.2, -0.15) is 0 Å². The number of carbonyl (C=O) groups is 2. The molecule has 32 heavy (non-hydrogen) atoms. The molecule has 0 aromatic heterocycles. The van der Waals surface area contributed by atoms with Crippen LogP contribution in [0, 0.1) is 5.92 Å². The van der Waals surface area contributed by atoms with Crippen LogP contribution in [0.4, 0.5) is 0 Å². The molecule has 0 spiro atoms. The van der Waals surface area contributed by atoms with Gasteiger partial charge in [-0.1, -0.05) is 68.5 Å². The minimum Gasteiger partial charge on any atom is -0.490 e. The zero-order valence-electron chi connectivity index (χ0n) is 19.5. The fourth-order valence-electron chi connectivity index (χ4n) is 3.89. The van der Waals surface area contributed by atoms with Crippen molar-refractivity contribution in [1.29, 1.82) is 0 Å². The topological polar surface area (TPSA) is 58.6 Å². The van der Waals surface area contributed by atoms with E-state index < -0.39 is 6.04 Å². The van der Waals surface area contributed by atoms with Gasteiger partial charge < -0.3 is 15.0 Å². The second-order valence-corrected chi connectivity index (χ2v) is 8.85. The van der Waals surface area contributed by atoms with Gasteiger partial charge >= 0.3 is 0 Å². The number of hydrogen-bond acceptors (Lipinski definition) is 3. The molecule has 1 aliphatic rings. The fraction of sp³-hybridized carbons (Fsp3) is 0.407. The standard InChI is InChI=1S/C27H34N2O3/c1-19(2)23-16-10-8-12-20(3)32-25-17-11-9-15-22(25)27(31)29(4)24(26(30)28-23)18-21-13-6-5-7-14-21/h5-11,13-15,17,19-20,23-24H,12,16,18H2,1-4H3,(H,28,30)/b10-8-/t20-,23-,24+/m0/s1. The van der Waals surface area contributed by atoms with Crippen molar-refractivity contribution in [2.75, 3.05) is 7.05 Å². The normalized spacial score (nSPS) is 23.7. The van der Waals surface area contributed by atoms with Crippen LogP contribution in [0.5, 0.6) is 5.75 Å². The van der Waals surface area contributed by atoms with Crippen LogP contribution in [0.3, 0.4) is 0 Å². The number of benzene rings is 2. The highest BCUT2D eigenvalue weighted by Crippen LogP contribution is 2.24. The van der Waals surface area contributed by atoms with Gasteiger partial charge in [0.05, 0.1) is 11.7 Å². The van der Waals surface area contributed by atoms with Gasteiger partial charge in [0.1, 0.15) is 11.8 Å². The molecule has 0 radical (unpaired) electrons. The summed E-state index contributed by atoms with van der Waals surface area (Å²) in [4.78, 5) is 28.5. The molecule has 1 aliphatic heterocycles. The number of nitrogens with zero attached hydrogens (tertiary/aromatic N) is 1. The lowest BCUT2D eigenvalue weighted by atomic mass is 9.98. The summed E-state index contributed by atoms with van der Waals surface area (Å²) in [6, 6.07) is 16.4. The largest absolute Gasteiger partial charge is 0.490 e. The number of para-hydroxylation sites is 1. The van der Waals surface area contributed by atoms with Gasteiger partial charge in [-0.25, -0.2) is 0 Å². The number of ether oxygens (including phenoxy) is 1. The third-order valence-corrected chi connectivity index (χ3v) is 5.97. The Labute approximate surface area is 191 Å². The molecule has 2 aromatic carbocycles. The second kappa shape index (κ2) is 11.0. The Bertz CT molecular complexity index is 939. The first kappa shape index (κ1) is 23.6. The van der Waals surface area contributed by atoms with Crippen molar-refractivity contribution in [3.8, 4) is 5.75 Å². The second-order valence-electron chi connectivity index (χ2n) is 8.85. The first-order chi connectivity index (χ1) is 15.4. The number of nitrogens with one attached hydrogen (secondary N) is 1. The van der Waals surface area contributed by atoms with Crippen molar-refractivity contribution in [2.45, 2.75) is 58.2 Å². The molecule has 0 aliphatic carbocycles. The molecule has 5 heteroatoms. The molecule has 1 heterocycles. The zero-order chi connectivity index (χ0) is 23.1. The van der Waals surface area contributed by atoms with E-state index in [4.69, 9.17) is 4.74 Å². The molecule has 170 valence electrons. The number of amides is 2. The summed E-state index contributed by atoms with van der Waals surface area (Å²) in [5, 5.41) is 3.21. The first-order valence-corrected chi connectivity index (χ1v) is 11.4. The summed E-state index contributed by atoms with van der Waals surface area (Å²) in [5.74, 6) is 0.448. The Kier molecular flexibility index (Phi) is 8.09. The third kappa shape index (κ3) is 6.00. The van der Waals surface area contributed by atoms with Gasteiger partial charge in [-0.05, 0) is 37.0 Å². The van der Waals surface area contributed by atoms with Gasteiger partial charge in [0, 0.05) is 25.9 Å². The summed E-state index contributed by atoms with van der Waals surface area (Å²) in [6.07, 6.45) is 6.05. The molecular formula is C27H34N2O3. The van der Waals surface area contributed by atoms with E-state index in [1.807, 2.05) is 55.5 Å². The lowest BCUT2D eigenvalue weighted by Crippen LogP contribution is -2.52. The lowest BCUT2D eigenvalue weighted by Gasteiger charge is -2.31. The number of carbonyl (C=O) groups excluding carboxylic acids is 2. The van der Waals surface area contributed by atoms with E-state index in [-0.39, 0.29) is 29.9 Å². The molecule has 0 saturated heterocycles. The summed E-state index contributed by atoms with van der Waals surface area (Å²) in [5.41, 5.74) is 1.47. The van der Waals surface area contributed by atoms with Gasteiger partial charge in [0.25, 0.3) is 5.91 Å². The highest BCUT2D eigenvalue weighted by atomic mass is 16.5. The molecule has 1 N–H and O–H groups in total. The van der Waals surface area contributed by atoms with Crippen LogP contribution in [0.2, 0.25) is 0 Å². The van der Waals surface area contributed by atoms with E-state index in [9.17, 15) is 9.59 Å². The van der Waals surface area contributed by atoms with Crippen LogP contribution in [-0.4, -0.2) is 41.9 Å². The van der Waals surface area contributed by atoms with Crippen molar-refractivity contribution in [1.82, 2.24) is 10.2 Å². The van der Waals surface area contributed by atoms with Crippen molar-refractivity contribution in [3.05, 3.63) is 77.9 Å². The van der Waals surface area contributed by atoms with Crippen LogP contribution >= 0.6 is 0 Å². The minimum absolute atomic E-state index is 0.00743. The number of hydrogen-bond donors (Lipinski definition) is 1. The van der Waals surface area contributed by atoms with Gasteiger partial charge in [0.2, 0.25) is 5.91 Å². The average Bonchev–Trinajstić information content (AvgIpc) is 2.78. The summed E-state index contributed by atoms with van der Waals surface area (Å²) < 4.78 is 6.11. The van der Waals surface area contributed by atoms with Gasteiger partial charge in [-0.3, -0.25) is 9.59 Å². The van der Waals surface area contributed by atoms with Crippen LogP contribution < -0.4 is 10.1 Å². The van der Waals surface area contributed by atoms with Crippen LogP contribution in [0.15, 0.2) is 66.7 Å². The molecule has 0 fully saturated rings. The SMILES string of the molecule is CC(C)[C@@H]1C/C=C\C[C@H](C)Oc2ccccc2C(=O)N(C)[C@H](Cc2ccccc2)C(=O)N1. The van der Waals surface area contributed by atoms with E-state index in [1.165, 1.54) is 0 Å². The van der Waals surface area contributed by atoms with E-state index in [0.717, 1.165) is 18.4 Å². The molecule has 2 aromatic rings. The Morgan fingerprint density at radius 1 is 1.00 bits per heavy atom. The molecule has 0 bridgehead atoms. The maximum Gasteiger partial charge on any atom is 0.258 e. The molecule has 0 unspecified atom stereocenters. The fourth-order valence-corrected chi connectivity index (χ4v) is 3.89. The van der Waals surface area contributed by atoms with Crippen LogP contribution in [0.1, 0.15) is 49.5 Å². The minimum atomic E-state index is -0.636. The molecular weight excluding hydrogens is 400 g/mol. The first-order valence-electron chi connectivity index (χ1n) is 11.4. The molecule has 0 saturated carbocycles. The van der Waals surface area contributed by atoms with E-state index in [0.29, 0.717) is 17.7 Å². The predicted molar refractivity (Wildman–Crippen MR) is 128 cm³/mol. The maximum absolute atomic E-state index is 13.5. The third-order valence-electron chi connectivity index (χ3n) is 5.97. The number of likely N-dealkylation sites (N-methyl/N-ethyl adjacent to an activating group) is 1. The molecule has 2 amide bonds. The monoisotopic (exact) mass is 434 g/mol. The lowest BCUT2D eigenvalue weighted by molar-refractivity contribution is -0.126. The Hall–Kier alpha value is -3.08. The predicted octanol–water partition coefficient (Wildman–Crippen LogP) is 4.63. The van der Waals surface area contributed by atoms with E-state index >= 15 is 0 Å². The Morgan fingerprint density at radius 3 is 2.38 bits per heavy atom. The van der Waals surface area contributed by atoms with Crippen molar-refractivity contribution in [3.63, 3.8) is 0 Å². The molecule has 3 rings (SSSR count). The van der Waals surface area contributed by atoms with E-state index in [1.54, 1.807) is 18.0 Å². The van der Waals surface area contributed by atoms with Crippen LogP contribution in [-0.2, 0) is 11.2 Å². The van der Waals surface area contributed by atoms with Crippen LogP contribution in [0.25, 0.3) is 0 Å². The average molecular weight is 435 g/mol. The van der Waals surface area contributed by atoms with Crippen molar-refractivity contribution < 1.29 is 14.3 Å². The van der Waals surface area contributed by atoms with E-state index in [2.05, 4.69) is 31.3 Å². The highest BCUT2D eigenvalue weighted by molar-refractivity contribution is 5.99. The summed E-state index contributed by atoms with van der Waals surface area (Å²) in [7, 11) is 1.70. The maximum atomic E-state index is 13.5. The Morgan fingerprint density at radius 2 is 1.66 bits per heavy atom. The summed E-state index contributed by atoms with van der Waals surface area (Å²) in [6.45, 7) is 6.21.